The Labute approximate surface area is 128 Å². The number of hydrogen-bond donors (Lipinski definition) is 0. The van der Waals surface area contributed by atoms with Crippen molar-refractivity contribution in [3.63, 3.8) is 0 Å². The van der Waals surface area contributed by atoms with Gasteiger partial charge in [0.1, 0.15) is 11.5 Å². The fourth-order valence-corrected chi connectivity index (χ4v) is 2.66. The van der Waals surface area contributed by atoms with Crippen LogP contribution in [-0.2, 0) is 19.4 Å². The van der Waals surface area contributed by atoms with Crippen LogP contribution < -0.4 is 0 Å². The Kier molecular flexibility index (Phi) is 5.12. The molecular weight excluding hydrogens is 316 g/mol. The minimum absolute atomic E-state index is 0.591. The molecule has 0 aliphatic carbocycles. The van der Waals surface area contributed by atoms with Crippen molar-refractivity contribution < 1.29 is 4.79 Å². The lowest BCUT2D eigenvalue weighted by molar-refractivity contribution is 0.111. The summed E-state index contributed by atoms with van der Waals surface area (Å²) in [6.07, 6.45) is 3.62. The number of aldehydes is 1. The van der Waals surface area contributed by atoms with Crippen molar-refractivity contribution >= 4 is 22.2 Å². The molecule has 0 radical (unpaired) electrons. The number of benzene rings is 1. The van der Waals surface area contributed by atoms with Gasteiger partial charge in [-0.05, 0) is 30.5 Å². The number of imidazole rings is 1. The Morgan fingerprint density at radius 2 is 1.95 bits per heavy atom. The van der Waals surface area contributed by atoms with Crippen LogP contribution in [0.3, 0.4) is 0 Å². The third kappa shape index (κ3) is 3.18. The smallest absolute Gasteiger partial charge is 0.170 e. The molecule has 0 N–H and O–H groups in total. The van der Waals surface area contributed by atoms with Gasteiger partial charge < -0.3 is 4.57 Å². The van der Waals surface area contributed by atoms with Crippen LogP contribution in [0.5, 0.6) is 0 Å². The molecule has 0 saturated carbocycles. The van der Waals surface area contributed by atoms with E-state index in [0.29, 0.717) is 5.69 Å². The van der Waals surface area contributed by atoms with Crippen molar-refractivity contribution in [2.45, 2.75) is 39.7 Å². The van der Waals surface area contributed by atoms with Gasteiger partial charge in [-0.1, -0.05) is 41.9 Å². The quantitative estimate of drug-likeness (QED) is 0.748. The summed E-state index contributed by atoms with van der Waals surface area (Å²) in [7, 11) is 0. The zero-order valence-corrected chi connectivity index (χ0v) is 13.5. The van der Waals surface area contributed by atoms with Crippen LogP contribution in [0.15, 0.2) is 28.7 Å². The van der Waals surface area contributed by atoms with E-state index in [1.165, 1.54) is 5.56 Å². The number of aromatic nitrogens is 2. The van der Waals surface area contributed by atoms with E-state index >= 15 is 0 Å². The van der Waals surface area contributed by atoms with Gasteiger partial charge in [-0.2, -0.15) is 0 Å². The maximum Gasteiger partial charge on any atom is 0.170 e. The summed E-state index contributed by atoms with van der Waals surface area (Å²) >= 11 is 3.45. The minimum atomic E-state index is 0.591. The molecule has 0 fully saturated rings. The highest BCUT2D eigenvalue weighted by molar-refractivity contribution is 9.10. The highest BCUT2D eigenvalue weighted by Crippen LogP contribution is 2.17. The highest BCUT2D eigenvalue weighted by Gasteiger charge is 2.14. The first kappa shape index (κ1) is 15.0. The second kappa shape index (κ2) is 6.84. The molecule has 0 atom stereocenters. The summed E-state index contributed by atoms with van der Waals surface area (Å²) < 4.78 is 3.26. The van der Waals surface area contributed by atoms with E-state index < -0.39 is 0 Å². The van der Waals surface area contributed by atoms with Gasteiger partial charge in [0.05, 0.1) is 0 Å². The van der Waals surface area contributed by atoms with Crippen LogP contribution in [0.25, 0.3) is 0 Å². The first-order chi connectivity index (χ1) is 9.69. The summed E-state index contributed by atoms with van der Waals surface area (Å²) in [6, 6.07) is 8.27. The van der Waals surface area contributed by atoms with Gasteiger partial charge in [0.15, 0.2) is 6.29 Å². The number of rotatable bonds is 6. The van der Waals surface area contributed by atoms with E-state index in [2.05, 4.69) is 51.5 Å². The predicted molar refractivity (Wildman–Crippen MR) is 84.2 cm³/mol. The summed E-state index contributed by atoms with van der Waals surface area (Å²) in [6.45, 7) is 4.97. The number of hydrogen-bond acceptors (Lipinski definition) is 2. The van der Waals surface area contributed by atoms with Crippen LogP contribution in [-0.4, -0.2) is 15.8 Å². The second-order valence-electron chi connectivity index (χ2n) is 4.79. The summed E-state index contributed by atoms with van der Waals surface area (Å²) in [5.41, 5.74) is 2.84. The molecule has 0 amide bonds. The molecule has 0 aliphatic rings. The molecule has 20 heavy (non-hydrogen) atoms. The van der Waals surface area contributed by atoms with Crippen molar-refractivity contribution in [1.82, 2.24) is 9.55 Å². The van der Waals surface area contributed by atoms with E-state index in [1.54, 1.807) is 0 Å². The van der Waals surface area contributed by atoms with Crippen molar-refractivity contribution in [2.75, 3.05) is 0 Å². The molecule has 0 aliphatic heterocycles. The molecule has 4 heteroatoms. The lowest BCUT2D eigenvalue weighted by Gasteiger charge is -2.11. The highest BCUT2D eigenvalue weighted by atomic mass is 79.9. The molecule has 1 aromatic heterocycles. The van der Waals surface area contributed by atoms with E-state index in [1.807, 2.05) is 12.1 Å². The zero-order valence-electron chi connectivity index (χ0n) is 11.9. The average Bonchev–Trinajstić information content (AvgIpc) is 2.79. The summed E-state index contributed by atoms with van der Waals surface area (Å²) in [5, 5.41) is 0. The number of aryl methyl sites for hydroxylation is 1. The van der Waals surface area contributed by atoms with Crippen LogP contribution in [0.4, 0.5) is 0 Å². The van der Waals surface area contributed by atoms with Crippen molar-refractivity contribution in [1.29, 1.82) is 0 Å². The third-order valence-corrected chi connectivity index (χ3v) is 3.89. The van der Waals surface area contributed by atoms with Gasteiger partial charge in [0, 0.05) is 23.1 Å². The topological polar surface area (TPSA) is 34.9 Å². The molecule has 2 rings (SSSR count). The molecule has 0 bridgehead atoms. The van der Waals surface area contributed by atoms with Gasteiger partial charge in [0.25, 0.3) is 0 Å². The maximum atomic E-state index is 11.2. The minimum Gasteiger partial charge on any atom is -0.327 e. The van der Waals surface area contributed by atoms with Crippen LogP contribution in [0.1, 0.15) is 47.8 Å². The lowest BCUT2D eigenvalue weighted by atomic mass is 10.2. The Balaban J connectivity index is 2.39. The van der Waals surface area contributed by atoms with Crippen LogP contribution in [0, 0.1) is 0 Å². The van der Waals surface area contributed by atoms with Crippen LogP contribution in [0.2, 0.25) is 0 Å². The van der Waals surface area contributed by atoms with Crippen molar-refractivity contribution in [2.24, 2.45) is 0 Å². The van der Waals surface area contributed by atoms with E-state index in [9.17, 15) is 4.79 Å². The summed E-state index contributed by atoms with van der Waals surface area (Å²) in [4.78, 5) is 15.7. The predicted octanol–water partition coefficient (Wildman–Crippen LogP) is 4.02. The van der Waals surface area contributed by atoms with Crippen LogP contribution >= 0.6 is 15.9 Å². The van der Waals surface area contributed by atoms with E-state index in [0.717, 1.165) is 48.1 Å². The van der Waals surface area contributed by atoms with Gasteiger partial charge in [-0.15, -0.1) is 0 Å². The van der Waals surface area contributed by atoms with Crippen molar-refractivity contribution in [3.05, 3.63) is 51.5 Å². The first-order valence-corrected chi connectivity index (χ1v) is 7.76. The molecule has 3 nitrogen and oxygen atoms in total. The van der Waals surface area contributed by atoms with E-state index in [-0.39, 0.29) is 0 Å². The number of nitrogens with zero attached hydrogens (tertiary/aromatic N) is 2. The largest absolute Gasteiger partial charge is 0.327 e. The Bertz CT molecular complexity index is 587. The van der Waals surface area contributed by atoms with Gasteiger partial charge in [-0.25, -0.2) is 4.98 Å². The maximum absolute atomic E-state index is 11.2. The second-order valence-corrected chi connectivity index (χ2v) is 5.71. The molecule has 0 saturated heterocycles. The Hall–Kier alpha value is -1.42. The molecule has 2 aromatic rings. The molecule has 0 spiro atoms. The fraction of sp³-hybridized carbons (Fsp3) is 0.375. The van der Waals surface area contributed by atoms with Gasteiger partial charge in [-0.3, -0.25) is 4.79 Å². The molecule has 0 unspecified atom stereocenters. The van der Waals surface area contributed by atoms with Gasteiger partial charge in [0.2, 0.25) is 0 Å². The SMILES string of the molecule is CCCc1nc(C=O)c(CC)n1Cc1ccc(Br)cc1. The standard InChI is InChI=1S/C16H19BrN2O/c1-3-5-16-18-14(11-20)15(4-2)19(16)10-12-6-8-13(17)9-7-12/h6-9,11H,3-5,10H2,1-2H3. The normalized spacial score (nSPS) is 10.8. The molecular formula is C16H19BrN2O. The fourth-order valence-electron chi connectivity index (χ4n) is 2.40. The number of carbonyl (C=O) groups excluding carboxylic acids is 1. The zero-order chi connectivity index (χ0) is 14.5. The number of halogens is 1. The average molecular weight is 335 g/mol. The summed E-state index contributed by atoms with van der Waals surface area (Å²) in [5.74, 6) is 1.01. The molecule has 1 heterocycles. The number of carbonyl (C=O) groups is 1. The monoisotopic (exact) mass is 334 g/mol. The molecule has 1 aromatic carbocycles. The van der Waals surface area contributed by atoms with Gasteiger partial charge >= 0.3 is 0 Å². The van der Waals surface area contributed by atoms with Crippen molar-refractivity contribution in [3.8, 4) is 0 Å². The molecule has 106 valence electrons. The third-order valence-electron chi connectivity index (χ3n) is 3.36. The lowest BCUT2D eigenvalue weighted by Crippen LogP contribution is -2.08. The van der Waals surface area contributed by atoms with E-state index in [4.69, 9.17) is 0 Å². The Morgan fingerprint density at radius 1 is 1.25 bits per heavy atom. The Morgan fingerprint density at radius 3 is 2.50 bits per heavy atom. The first-order valence-electron chi connectivity index (χ1n) is 6.97.